The molecule has 82 valence electrons. The summed E-state index contributed by atoms with van der Waals surface area (Å²) in [5.74, 6) is 0.661. The molecule has 0 radical (unpaired) electrons. The SMILES string of the molecule is Cc1cccc(C2CCNC2CCN)c1. The van der Waals surface area contributed by atoms with Crippen LogP contribution in [0, 0.1) is 6.92 Å². The molecule has 2 heteroatoms. The summed E-state index contributed by atoms with van der Waals surface area (Å²) in [5.41, 5.74) is 8.46. The molecule has 0 bridgehead atoms. The van der Waals surface area contributed by atoms with Gasteiger partial charge < -0.3 is 11.1 Å². The van der Waals surface area contributed by atoms with Crippen LogP contribution in [0.25, 0.3) is 0 Å². The lowest BCUT2D eigenvalue weighted by Gasteiger charge is -2.19. The van der Waals surface area contributed by atoms with Crippen molar-refractivity contribution >= 4 is 0 Å². The van der Waals surface area contributed by atoms with E-state index in [-0.39, 0.29) is 0 Å². The van der Waals surface area contributed by atoms with Gasteiger partial charge in [0, 0.05) is 12.0 Å². The van der Waals surface area contributed by atoms with Gasteiger partial charge in [0.05, 0.1) is 0 Å². The van der Waals surface area contributed by atoms with E-state index in [2.05, 4.69) is 36.5 Å². The maximum atomic E-state index is 5.64. The maximum absolute atomic E-state index is 5.64. The number of hydrogen-bond donors (Lipinski definition) is 2. The van der Waals surface area contributed by atoms with E-state index in [4.69, 9.17) is 5.73 Å². The van der Waals surface area contributed by atoms with E-state index in [0.29, 0.717) is 12.0 Å². The fourth-order valence-electron chi connectivity index (χ4n) is 2.55. The predicted molar refractivity (Wildman–Crippen MR) is 64.0 cm³/mol. The van der Waals surface area contributed by atoms with Crippen LogP contribution in [0.2, 0.25) is 0 Å². The fourth-order valence-corrected chi connectivity index (χ4v) is 2.55. The molecule has 0 aliphatic carbocycles. The monoisotopic (exact) mass is 204 g/mol. The highest BCUT2D eigenvalue weighted by Gasteiger charge is 2.27. The Morgan fingerprint density at radius 2 is 2.33 bits per heavy atom. The minimum absolute atomic E-state index is 0.580. The summed E-state index contributed by atoms with van der Waals surface area (Å²) in [6.07, 6.45) is 2.33. The molecule has 0 amide bonds. The van der Waals surface area contributed by atoms with Gasteiger partial charge in [-0.2, -0.15) is 0 Å². The topological polar surface area (TPSA) is 38.0 Å². The lowest BCUT2D eigenvalue weighted by Crippen LogP contribution is -2.28. The van der Waals surface area contributed by atoms with Crippen molar-refractivity contribution < 1.29 is 0 Å². The molecule has 0 saturated carbocycles. The molecule has 2 atom stereocenters. The third kappa shape index (κ3) is 2.39. The van der Waals surface area contributed by atoms with Gasteiger partial charge in [0.25, 0.3) is 0 Å². The van der Waals surface area contributed by atoms with E-state index in [1.807, 2.05) is 0 Å². The van der Waals surface area contributed by atoms with Crippen LogP contribution in [0.15, 0.2) is 24.3 Å². The van der Waals surface area contributed by atoms with Gasteiger partial charge in [-0.05, 0) is 38.4 Å². The summed E-state index contributed by atoms with van der Waals surface area (Å²) in [5, 5.41) is 3.55. The quantitative estimate of drug-likeness (QED) is 0.787. The Kier molecular flexibility index (Phi) is 3.39. The van der Waals surface area contributed by atoms with E-state index < -0.39 is 0 Å². The summed E-state index contributed by atoms with van der Waals surface area (Å²) in [6, 6.07) is 9.44. The minimum atomic E-state index is 0.580. The summed E-state index contributed by atoms with van der Waals surface area (Å²) >= 11 is 0. The zero-order chi connectivity index (χ0) is 10.7. The van der Waals surface area contributed by atoms with Crippen molar-refractivity contribution in [1.82, 2.24) is 5.32 Å². The van der Waals surface area contributed by atoms with Gasteiger partial charge in [-0.3, -0.25) is 0 Å². The van der Waals surface area contributed by atoms with Gasteiger partial charge in [-0.25, -0.2) is 0 Å². The van der Waals surface area contributed by atoms with Crippen molar-refractivity contribution in [3.05, 3.63) is 35.4 Å². The second-order valence-corrected chi connectivity index (χ2v) is 4.45. The van der Waals surface area contributed by atoms with Gasteiger partial charge in [0.2, 0.25) is 0 Å². The Morgan fingerprint density at radius 3 is 3.07 bits per heavy atom. The third-order valence-corrected chi connectivity index (χ3v) is 3.30. The Hall–Kier alpha value is -0.860. The smallest absolute Gasteiger partial charge is 0.0148 e. The zero-order valence-electron chi connectivity index (χ0n) is 9.37. The standard InChI is InChI=1S/C13H20N2/c1-10-3-2-4-11(9-10)12-6-8-15-13(12)5-7-14/h2-4,9,12-13,15H,5-8,14H2,1H3. The van der Waals surface area contributed by atoms with Crippen LogP contribution in [0.4, 0.5) is 0 Å². The van der Waals surface area contributed by atoms with Crippen LogP contribution in [0.5, 0.6) is 0 Å². The number of benzene rings is 1. The highest BCUT2D eigenvalue weighted by atomic mass is 15.0. The molecule has 2 nitrogen and oxygen atoms in total. The third-order valence-electron chi connectivity index (χ3n) is 3.30. The molecule has 3 N–H and O–H groups in total. The largest absolute Gasteiger partial charge is 0.330 e. The number of rotatable bonds is 3. The molecule has 2 rings (SSSR count). The van der Waals surface area contributed by atoms with Crippen molar-refractivity contribution in [3.8, 4) is 0 Å². The summed E-state index contributed by atoms with van der Waals surface area (Å²) in [7, 11) is 0. The first-order chi connectivity index (χ1) is 7.31. The highest BCUT2D eigenvalue weighted by molar-refractivity contribution is 5.27. The number of aryl methyl sites for hydroxylation is 1. The Balaban J connectivity index is 2.15. The number of nitrogens with one attached hydrogen (secondary N) is 1. The van der Waals surface area contributed by atoms with E-state index in [1.165, 1.54) is 17.5 Å². The van der Waals surface area contributed by atoms with Crippen LogP contribution in [-0.2, 0) is 0 Å². The normalized spacial score (nSPS) is 25.7. The second-order valence-electron chi connectivity index (χ2n) is 4.45. The van der Waals surface area contributed by atoms with Gasteiger partial charge in [-0.15, -0.1) is 0 Å². The van der Waals surface area contributed by atoms with E-state index in [1.54, 1.807) is 0 Å². The Bertz CT molecular complexity index is 322. The van der Waals surface area contributed by atoms with Crippen molar-refractivity contribution in [1.29, 1.82) is 0 Å². The van der Waals surface area contributed by atoms with Crippen molar-refractivity contribution in [3.63, 3.8) is 0 Å². The van der Waals surface area contributed by atoms with Gasteiger partial charge in [-0.1, -0.05) is 29.8 Å². The molecule has 1 aromatic rings. The van der Waals surface area contributed by atoms with Crippen LogP contribution in [0.1, 0.15) is 29.9 Å². The van der Waals surface area contributed by atoms with E-state index >= 15 is 0 Å². The van der Waals surface area contributed by atoms with Crippen molar-refractivity contribution in [2.45, 2.75) is 31.7 Å². The number of hydrogen-bond acceptors (Lipinski definition) is 2. The molecule has 0 spiro atoms. The molecule has 1 aliphatic rings. The minimum Gasteiger partial charge on any atom is -0.330 e. The first-order valence-electron chi connectivity index (χ1n) is 5.81. The molecular weight excluding hydrogens is 184 g/mol. The van der Waals surface area contributed by atoms with Crippen molar-refractivity contribution in [2.24, 2.45) is 5.73 Å². The Morgan fingerprint density at radius 1 is 1.47 bits per heavy atom. The summed E-state index contributed by atoms with van der Waals surface area (Å²) in [6.45, 7) is 4.06. The van der Waals surface area contributed by atoms with Gasteiger partial charge in [0.15, 0.2) is 0 Å². The molecule has 2 unspecified atom stereocenters. The lowest BCUT2D eigenvalue weighted by molar-refractivity contribution is 0.515. The molecule has 1 saturated heterocycles. The van der Waals surface area contributed by atoms with Crippen LogP contribution in [0.3, 0.4) is 0 Å². The maximum Gasteiger partial charge on any atom is 0.0148 e. The molecule has 1 heterocycles. The van der Waals surface area contributed by atoms with E-state index in [9.17, 15) is 0 Å². The second kappa shape index (κ2) is 4.77. The average molecular weight is 204 g/mol. The lowest BCUT2D eigenvalue weighted by atomic mass is 9.89. The zero-order valence-corrected chi connectivity index (χ0v) is 9.37. The van der Waals surface area contributed by atoms with Crippen LogP contribution >= 0.6 is 0 Å². The summed E-state index contributed by atoms with van der Waals surface area (Å²) < 4.78 is 0. The van der Waals surface area contributed by atoms with Gasteiger partial charge in [0.1, 0.15) is 0 Å². The van der Waals surface area contributed by atoms with Crippen LogP contribution < -0.4 is 11.1 Å². The summed E-state index contributed by atoms with van der Waals surface area (Å²) in [4.78, 5) is 0. The number of nitrogens with two attached hydrogens (primary N) is 1. The predicted octanol–water partition coefficient (Wildman–Crippen LogP) is 1.79. The molecule has 1 aromatic carbocycles. The van der Waals surface area contributed by atoms with Gasteiger partial charge >= 0.3 is 0 Å². The molecule has 1 aliphatic heterocycles. The average Bonchev–Trinajstić information content (AvgIpc) is 2.66. The Labute approximate surface area is 91.9 Å². The van der Waals surface area contributed by atoms with Crippen LogP contribution in [-0.4, -0.2) is 19.1 Å². The molecule has 0 aromatic heterocycles. The highest BCUT2D eigenvalue weighted by Crippen LogP contribution is 2.29. The molecule has 15 heavy (non-hydrogen) atoms. The first-order valence-corrected chi connectivity index (χ1v) is 5.81. The molecular formula is C13H20N2. The first kappa shape index (κ1) is 10.7. The fraction of sp³-hybridized carbons (Fsp3) is 0.538. The van der Waals surface area contributed by atoms with Crippen molar-refractivity contribution in [2.75, 3.05) is 13.1 Å². The van der Waals surface area contributed by atoms with E-state index in [0.717, 1.165) is 19.5 Å². The molecule has 1 fully saturated rings.